The lowest BCUT2D eigenvalue weighted by atomic mass is 10.0. The Morgan fingerprint density at radius 1 is 1.71 bits per heavy atom. The molecule has 0 aliphatic rings. The van der Waals surface area contributed by atoms with Crippen LogP contribution in [0.2, 0.25) is 0 Å². The number of nitrogens with zero attached hydrogens (tertiary/aromatic N) is 2. The first-order chi connectivity index (χ1) is 6.56. The quantitative estimate of drug-likeness (QED) is 0.588. The van der Waals surface area contributed by atoms with Gasteiger partial charge in [0.05, 0.1) is 4.92 Å². The number of aryl methyl sites for hydroxylation is 1. The third-order valence-electron chi connectivity index (χ3n) is 2.16. The summed E-state index contributed by atoms with van der Waals surface area (Å²) in [6, 6.07) is 1.32. The number of aromatic nitrogens is 1. The van der Waals surface area contributed by atoms with E-state index in [-0.39, 0.29) is 11.7 Å². The van der Waals surface area contributed by atoms with Crippen LogP contribution in [0, 0.1) is 17.0 Å². The Kier molecular flexibility index (Phi) is 3.14. The molecule has 0 fully saturated rings. The van der Waals surface area contributed by atoms with Crippen LogP contribution in [0.1, 0.15) is 30.6 Å². The van der Waals surface area contributed by atoms with E-state index >= 15 is 0 Å². The standard InChI is InChI=1S/C9H13N3O2/c1-3-9(10)8-4-7(12(13)14)5-11-6(8)2/h4-5,9H,3,10H2,1-2H3/t9-/m1/s1. The third kappa shape index (κ3) is 2.05. The van der Waals surface area contributed by atoms with Gasteiger partial charge in [0, 0.05) is 17.8 Å². The van der Waals surface area contributed by atoms with Crippen LogP contribution >= 0.6 is 0 Å². The van der Waals surface area contributed by atoms with Crippen molar-refractivity contribution < 1.29 is 4.92 Å². The molecule has 0 aliphatic carbocycles. The van der Waals surface area contributed by atoms with E-state index in [2.05, 4.69) is 4.98 Å². The van der Waals surface area contributed by atoms with Gasteiger partial charge in [-0.25, -0.2) is 0 Å². The first-order valence-corrected chi connectivity index (χ1v) is 4.42. The lowest BCUT2D eigenvalue weighted by Gasteiger charge is -2.10. The largest absolute Gasteiger partial charge is 0.324 e. The fourth-order valence-corrected chi connectivity index (χ4v) is 1.23. The molecule has 0 aromatic carbocycles. The lowest BCUT2D eigenvalue weighted by molar-refractivity contribution is -0.385. The minimum atomic E-state index is -0.460. The second-order valence-corrected chi connectivity index (χ2v) is 3.14. The molecular weight excluding hydrogens is 182 g/mol. The molecule has 0 bridgehead atoms. The summed E-state index contributed by atoms with van der Waals surface area (Å²) in [4.78, 5) is 14.0. The number of hydrogen-bond acceptors (Lipinski definition) is 4. The van der Waals surface area contributed by atoms with Crippen molar-refractivity contribution in [1.82, 2.24) is 4.98 Å². The smallest absolute Gasteiger partial charge is 0.287 e. The molecule has 0 saturated heterocycles. The van der Waals surface area contributed by atoms with Crippen molar-refractivity contribution in [2.24, 2.45) is 5.73 Å². The average molecular weight is 195 g/mol. The van der Waals surface area contributed by atoms with Crippen molar-refractivity contribution in [1.29, 1.82) is 0 Å². The fraction of sp³-hybridized carbons (Fsp3) is 0.444. The molecule has 76 valence electrons. The zero-order chi connectivity index (χ0) is 10.7. The maximum atomic E-state index is 10.5. The second kappa shape index (κ2) is 4.15. The van der Waals surface area contributed by atoms with Crippen LogP contribution in [0.4, 0.5) is 5.69 Å². The molecular formula is C9H13N3O2. The van der Waals surface area contributed by atoms with E-state index in [4.69, 9.17) is 5.73 Å². The monoisotopic (exact) mass is 195 g/mol. The highest BCUT2D eigenvalue weighted by atomic mass is 16.6. The van der Waals surface area contributed by atoms with E-state index < -0.39 is 4.92 Å². The van der Waals surface area contributed by atoms with E-state index in [0.717, 1.165) is 17.7 Å². The van der Waals surface area contributed by atoms with Gasteiger partial charge in [0.2, 0.25) is 0 Å². The summed E-state index contributed by atoms with van der Waals surface area (Å²) in [6.45, 7) is 3.73. The van der Waals surface area contributed by atoms with Gasteiger partial charge in [0.25, 0.3) is 5.69 Å². The Balaban J connectivity index is 3.14. The van der Waals surface area contributed by atoms with Crippen LogP contribution in [-0.2, 0) is 0 Å². The molecule has 2 N–H and O–H groups in total. The van der Waals surface area contributed by atoms with Crippen LogP contribution in [0.15, 0.2) is 12.3 Å². The Hall–Kier alpha value is -1.49. The van der Waals surface area contributed by atoms with Crippen LogP contribution in [0.5, 0.6) is 0 Å². The molecule has 0 saturated carbocycles. The summed E-state index contributed by atoms with van der Waals surface area (Å²) in [7, 11) is 0. The number of pyridine rings is 1. The summed E-state index contributed by atoms with van der Waals surface area (Å²) < 4.78 is 0. The first-order valence-electron chi connectivity index (χ1n) is 4.42. The van der Waals surface area contributed by atoms with Crippen LogP contribution in [0.25, 0.3) is 0 Å². The van der Waals surface area contributed by atoms with E-state index in [0.29, 0.717) is 0 Å². The van der Waals surface area contributed by atoms with Gasteiger partial charge in [-0.05, 0) is 18.9 Å². The van der Waals surface area contributed by atoms with Crippen molar-refractivity contribution in [2.75, 3.05) is 0 Å². The van der Waals surface area contributed by atoms with Crippen LogP contribution in [0.3, 0.4) is 0 Å². The summed E-state index contributed by atoms with van der Waals surface area (Å²) in [6.07, 6.45) is 1.99. The zero-order valence-electron chi connectivity index (χ0n) is 8.23. The molecule has 1 aromatic heterocycles. The van der Waals surface area contributed by atoms with Gasteiger partial charge >= 0.3 is 0 Å². The minimum absolute atomic E-state index is 0.00509. The molecule has 0 unspecified atom stereocenters. The van der Waals surface area contributed by atoms with Crippen LogP contribution < -0.4 is 5.73 Å². The SMILES string of the molecule is CC[C@@H](N)c1cc([N+](=O)[O-])cnc1C. The summed E-state index contributed by atoms with van der Waals surface area (Å²) >= 11 is 0. The predicted molar refractivity (Wildman–Crippen MR) is 52.8 cm³/mol. The number of nitro groups is 1. The molecule has 0 aliphatic heterocycles. The normalized spacial score (nSPS) is 12.5. The highest BCUT2D eigenvalue weighted by Gasteiger charge is 2.13. The zero-order valence-corrected chi connectivity index (χ0v) is 8.23. The van der Waals surface area contributed by atoms with Crippen molar-refractivity contribution in [2.45, 2.75) is 26.3 Å². The van der Waals surface area contributed by atoms with E-state index in [1.54, 1.807) is 6.92 Å². The fourth-order valence-electron chi connectivity index (χ4n) is 1.23. The van der Waals surface area contributed by atoms with E-state index in [1.807, 2.05) is 6.92 Å². The topological polar surface area (TPSA) is 82.0 Å². The molecule has 1 aromatic rings. The molecule has 1 rings (SSSR count). The van der Waals surface area contributed by atoms with Crippen molar-refractivity contribution in [3.05, 3.63) is 33.6 Å². The Labute approximate surface area is 82.1 Å². The van der Waals surface area contributed by atoms with Crippen LogP contribution in [-0.4, -0.2) is 9.91 Å². The van der Waals surface area contributed by atoms with Gasteiger partial charge in [-0.3, -0.25) is 15.1 Å². The molecule has 1 atom stereocenters. The molecule has 14 heavy (non-hydrogen) atoms. The molecule has 1 heterocycles. The Morgan fingerprint density at radius 2 is 2.36 bits per heavy atom. The summed E-state index contributed by atoms with van der Waals surface area (Å²) in [5.41, 5.74) is 7.30. The van der Waals surface area contributed by atoms with Gasteiger partial charge in [0.1, 0.15) is 6.20 Å². The maximum absolute atomic E-state index is 10.5. The predicted octanol–water partition coefficient (Wildman–Crippen LogP) is 1.71. The highest BCUT2D eigenvalue weighted by Crippen LogP contribution is 2.21. The maximum Gasteiger partial charge on any atom is 0.287 e. The van der Waals surface area contributed by atoms with Gasteiger partial charge in [-0.15, -0.1) is 0 Å². The molecule has 0 radical (unpaired) electrons. The molecule has 0 amide bonds. The van der Waals surface area contributed by atoms with Gasteiger partial charge < -0.3 is 5.73 Å². The first kappa shape index (κ1) is 10.6. The Morgan fingerprint density at radius 3 is 2.86 bits per heavy atom. The van der Waals surface area contributed by atoms with Crippen molar-refractivity contribution in [3.63, 3.8) is 0 Å². The summed E-state index contributed by atoms with van der Waals surface area (Å²) in [5.74, 6) is 0. The molecule has 0 spiro atoms. The Bertz CT molecular complexity index is 352. The number of hydrogen-bond donors (Lipinski definition) is 1. The minimum Gasteiger partial charge on any atom is -0.324 e. The van der Waals surface area contributed by atoms with Gasteiger partial charge in [0.15, 0.2) is 0 Å². The third-order valence-corrected chi connectivity index (χ3v) is 2.16. The molecule has 5 nitrogen and oxygen atoms in total. The lowest BCUT2D eigenvalue weighted by Crippen LogP contribution is -2.11. The highest BCUT2D eigenvalue weighted by molar-refractivity contribution is 5.35. The van der Waals surface area contributed by atoms with Crippen molar-refractivity contribution >= 4 is 5.69 Å². The number of rotatable bonds is 3. The van der Waals surface area contributed by atoms with Crippen molar-refractivity contribution in [3.8, 4) is 0 Å². The van der Waals surface area contributed by atoms with Gasteiger partial charge in [-0.2, -0.15) is 0 Å². The number of nitrogens with two attached hydrogens (primary N) is 1. The van der Waals surface area contributed by atoms with Gasteiger partial charge in [-0.1, -0.05) is 6.92 Å². The van der Waals surface area contributed by atoms with E-state index in [1.165, 1.54) is 12.3 Å². The second-order valence-electron chi connectivity index (χ2n) is 3.14. The average Bonchev–Trinajstić information content (AvgIpc) is 2.17. The van der Waals surface area contributed by atoms with E-state index in [9.17, 15) is 10.1 Å². The summed E-state index contributed by atoms with van der Waals surface area (Å²) in [5, 5.41) is 10.5. The molecule has 5 heteroatoms.